The van der Waals surface area contributed by atoms with Gasteiger partial charge >= 0.3 is 0 Å². The predicted molar refractivity (Wildman–Crippen MR) is 37.9 cm³/mol. The first-order valence-electron chi connectivity index (χ1n) is 2.39. The van der Waals surface area contributed by atoms with Crippen molar-refractivity contribution in [3.8, 4) is 0 Å². The van der Waals surface area contributed by atoms with Gasteiger partial charge in [0.25, 0.3) is 0 Å². The summed E-state index contributed by atoms with van der Waals surface area (Å²) in [5.74, 6) is -0.113. The van der Waals surface area contributed by atoms with E-state index in [1.54, 1.807) is 0 Å². The Kier molecular flexibility index (Phi) is 2.00. The third-order valence-corrected chi connectivity index (χ3v) is 2.34. The van der Waals surface area contributed by atoms with Gasteiger partial charge in [-0.3, -0.25) is 0 Å². The van der Waals surface area contributed by atoms with Crippen molar-refractivity contribution in [3.63, 3.8) is 0 Å². The SMILES string of the molecule is [CH2]S(=O)(=O)Cc1nncs1. The predicted octanol–water partition coefficient (Wildman–Crippen LogP) is 0.244. The summed E-state index contributed by atoms with van der Waals surface area (Å²) in [5, 5.41) is 7.52. The van der Waals surface area contributed by atoms with E-state index in [4.69, 9.17) is 0 Å². The van der Waals surface area contributed by atoms with Crippen LogP contribution in [0.3, 0.4) is 0 Å². The third-order valence-electron chi connectivity index (χ3n) is 0.749. The van der Waals surface area contributed by atoms with E-state index in [0.717, 1.165) is 0 Å². The molecule has 10 heavy (non-hydrogen) atoms. The molecule has 0 bridgehead atoms. The van der Waals surface area contributed by atoms with E-state index in [9.17, 15) is 8.42 Å². The summed E-state index contributed by atoms with van der Waals surface area (Å²) in [6.07, 6.45) is 2.96. The molecule has 1 aromatic rings. The zero-order valence-corrected chi connectivity index (χ0v) is 6.65. The van der Waals surface area contributed by atoms with Gasteiger partial charge in [0.05, 0.1) is 6.26 Å². The van der Waals surface area contributed by atoms with Gasteiger partial charge in [-0.15, -0.1) is 21.5 Å². The number of hydrogen-bond donors (Lipinski definition) is 0. The highest BCUT2D eigenvalue weighted by Gasteiger charge is 2.06. The summed E-state index contributed by atoms with van der Waals surface area (Å²) in [6, 6.07) is 0. The van der Waals surface area contributed by atoms with Gasteiger partial charge in [0.1, 0.15) is 16.3 Å². The molecule has 0 saturated carbocycles. The van der Waals surface area contributed by atoms with Gasteiger partial charge in [0.2, 0.25) is 0 Å². The average molecular weight is 177 g/mol. The van der Waals surface area contributed by atoms with Crippen LogP contribution in [0.25, 0.3) is 0 Å². The molecule has 6 heteroatoms. The first-order chi connectivity index (χ1) is 4.58. The van der Waals surface area contributed by atoms with Crippen LogP contribution >= 0.6 is 11.3 Å². The van der Waals surface area contributed by atoms with Crippen LogP contribution in [-0.2, 0) is 15.6 Å². The van der Waals surface area contributed by atoms with E-state index in [1.807, 2.05) is 0 Å². The van der Waals surface area contributed by atoms with Gasteiger partial charge in [0.15, 0.2) is 9.84 Å². The highest BCUT2D eigenvalue weighted by Crippen LogP contribution is 2.05. The molecule has 0 aliphatic carbocycles. The van der Waals surface area contributed by atoms with Crippen molar-refractivity contribution in [2.45, 2.75) is 5.75 Å². The summed E-state index contributed by atoms with van der Waals surface area (Å²) in [7, 11) is -3.19. The van der Waals surface area contributed by atoms with Gasteiger partial charge in [-0.2, -0.15) is 0 Å². The molecule has 0 N–H and O–H groups in total. The summed E-state index contributed by atoms with van der Waals surface area (Å²) in [6.45, 7) is 0. The second-order valence-electron chi connectivity index (χ2n) is 1.72. The molecule has 0 unspecified atom stereocenters. The lowest BCUT2D eigenvalue weighted by Gasteiger charge is -1.88. The van der Waals surface area contributed by atoms with Crippen molar-refractivity contribution in [1.29, 1.82) is 0 Å². The number of hydrogen-bond acceptors (Lipinski definition) is 5. The molecule has 0 spiro atoms. The summed E-state index contributed by atoms with van der Waals surface area (Å²) in [5.41, 5.74) is 1.49. The van der Waals surface area contributed by atoms with Crippen molar-refractivity contribution >= 4 is 21.2 Å². The fourth-order valence-electron chi connectivity index (χ4n) is 0.447. The van der Waals surface area contributed by atoms with Gasteiger partial charge in [-0.05, 0) is 0 Å². The van der Waals surface area contributed by atoms with Crippen LogP contribution in [0.15, 0.2) is 5.51 Å². The molecule has 0 amide bonds. The molecular formula is C4H5N2O2S2. The van der Waals surface area contributed by atoms with E-state index in [0.29, 0.717) is 5.01 Å². The lowest BCUT2D eigenvalue weighted by atomic mass is 10.9. The van der Waals surface area contributed by atoms with Crippen LogP contribution < -0.4 is 0 Å². The Labute approximate surface area is 62.8 Å². The number of nitrogens with zero attached hydrogens (tertiary/aromatic N) is 2. The molecule has 55 valence electrons. The second-order valence-corrected chi connectivity index (χ2v) is 4.41. The molecule has 0 saturated heterocycles. The molecule has 0 atom stereocenters. The third kappa shape index (κ3) is 2.40. The maximum atomic E-state index is 10.5. The zero-order valence-electron chi connectivity index (χ0n) is 5.02. The number of rotatable bonds is 2. The van der Waals surface area contributed by atoms with Crippen LogP contribution in [-0.4, -0.2) is 18.6 Å². The second kappa shape index (κ2) is 2.63. The molecule has 1 radical (unpaired) electrons. The Balaban J connectivity index is 2.75. The lowest BCUT2D eigenvalue weighted by molar-refractivity contribution is 0.603. The molecule has 0 aliphatic heterocycles. The molecule has 1 heterocycles. The Morgan fingerprint density at radius 2 is 2.40 bits per heavy atom. The van der Waals surface area contributed by atoms with Crippen LogP contribution in [0.4, 0.5) is 0 Å². The van der Waals surface area contributed by atoms with Crippen molar-refractivity contribution in [1.82, 2.24) is 10.2 Å². The molecular weight excluding hydrogens is 172 g/mol. The summed E-state index contributed by atoms with van der Waals surface area (Å²) >= 11 is 1.21. The first kappa shape index (κ1) is 7.62. The van der Waals surface area contributed by atoms with Gasteiger partial charge in [-0.25, -0.2) is 8.42 Å². The largest absolute Gasteiger partial charge is 0.228 e. The Bertz CT molecular complexity index is 289. The highest BCUT2D eigenvalue weighted by molar-refractivity contribution is 7.91. The van der Waals surface area contributed by atoms with E-state index >= 15 is 0 Å². The van der Waals surface area contributed by atoms with Crippen molar-refractivity contribution in [2.75, 3.05) is 0 Å². The molecule has 4 nitrogen and oxygen atoms in total. The molecule has 0 aliphatic rings. The minimum Gasteiger partial charge on any atom is -0.228 e. The van der Waals surface area contributed by atoms with Crippen LogP contribution in [0, 0.1) is 6.26 Å². The average Bonchev–Trinajstić information content (AvgIpc) is 2.12. The monoisotopic (exact) mass is 177 g/mol. The van der Waals surface area contributed by atoms with E-state index in [1.165, 1.54) is 16.8 Å². The van der Waals surface area contributed by atoms with Crippen molar-refractivity contribution in [3.05, 3.63) is 16.8 Å². The summed E-state index contributed by atoms with van der Waals surface area (Å²) < 4.78 is 21.1. The molecule has 1 rings (SSSR count). The molecule has 1 aromatic heterocycles. The van der Waals surface area contributed by atoms with Crippen LogP contribution in [0.5, 0.6) is 0 Å². The van der Waals surface area contributed by atoms with Crippen LogP contribution in [0.2, 0.25) is 0 Å². The minimum atomic E-state index is -3.19. The van der Waals surface area contributed by atoms with Gasteiger partial charge in [-0.1, -0.05) is 0 Å². The fraction of sp³-hybridized carbons (Fsp3) is 0.250. The van der Waals surface area contributed by atoms with Gasteiger partial charge < -0.3 is 0 Å². The minimum absolute atomic E-state index is 0.113. The van der Waals surface area contributed by atoms with Gasteiger partial charge in [0, 0.05) is 0 Å². The Morgan fingerprint density at radius 3 is 2.80 bits per heavy atom. The van der Waals surface area contributed by atoms with E-state index < -0.39 is 9.84 Å². The highest BCUT2D eigenvalue weighted by atomic mass is 32.2. The maximum Gasteiger partial charge on any atom is 0.157 e. The van der Waals surface area contributed by atoms with Crippen molar-refractivity contribution in [2.24, 2.45) is 0 Å². The smallest absolute Gasteiger partial charge is 0.157 e. The van der Waals surface area contributed by atoms with E-state index in [2.05, 4.69) is 16.5 Å². The fourth-order valence-corrected chi connectivity index (χ4v) is 2.00. The van der Waals surface area contributed by atoms with E-state index in [-0.39, 0.29) is 5.75 Å². The zero-order chi connectivity index (χ0) is 7.61. The standard InChI is InChI=1S/C4H5N2O2S2/c1-10(7,8)2-4-6-5-3-9-4/h3H,1-2H2. The normalized spacial score (nSPS) is 11.7. The maximum absolute atomic E-state index is 10.5. The topological polar surface area (TPSA) is 59.9 Å². The quantitative estimate of drug-likeness (QED) is 0.649. The number of aromatic nitrogens is 2. The number of sulfone groups is 1. The van der Waals surface area contributed by atoms with Crippen molar-refractivity contribution < 1.29 is 8.42 Å². The molecule has 0 fully saturated rings. The Morgan fingerprint density at radius 1 is 1.70 bits per heavy atom. The Hall–Kier alpha value is -0.490. The lowest BCUT2D eigenvalue weighted by Crippen LogP contribution is -1.97. The first-order valence-corrected chi connectivity index (χ1v) is 5.09. The molecule has 0 aromatic carbocycles. The van der Waals surface area contributed by atoms with Crippen LogP contribution in [0.1, 0.15) is 5.01 Å². The summed E-state index contributed by atoms with van der Waals surface area (Å²) in [4.78, 5) is 0.